The second-order valence-corrected chi connectivity index (χ2v) is 5.18. The van der Waals surface area contributed by atoms with Crippen LogP contribution in [0.1, 0.15) is 29.5 Å². The van der Waals surface area contributed by atoms with Crippen molar-refractivity contribution in [2.24, 2.45) is 7.05 Å². The zero-order valence-electron chi connectivity index (χ0n) is 12.1. The third-order valence-electron chi connectivity index (χ3n) is 3.90. The van der Waals surface area contributed by atoms with Crippen molar-refractivity contribution in [1.29, 1.82) is 5.26 Å². The number of hydrogen-bond donors (Lipinski definition) is 1. The number of anilines is 1. The van der Waals surface area contributed by atoms with Crippen LogP contribution in [-0.4, -0.2) is 27.4 Å². The standard InChI is InChI=1S/C15H17N5O/c1-10-13(9-18-20(10)2)15-14(4-6-21-15)19-11-3-5-17-12(7-11)8-16/h3,5,7,9,14-15H,4,6H2,1-2H3,(H,17,19)/t14-,15+/m0/s1. The summed E-state index contributed by atoms with van der Waals surface area (Å²) in [6, 6.07) is 5.84. The van der Waals surface area contributed by atoms with Crippen LogP contribution in [-0.2, 0) is 11.8 Å². The van der Waals surface area contributed by atoms with Crippen molar-refractivity contribution >= 4 is 5.69 Å². The van der Waals surface area contributed by atoms with Crippen molar-refractivity contribution < 1.29 is 4.74 Å². The minimum absolute atomic E-state index is 0.0163. The summed E-state index contributed by atoms with van der Waals surface area (Å²) in [5, 5.41) is 16.6. The number of ether oxygens (including phenoxy) is 1. The fourth-order valence-corrected chi connectivity index (χ4v) is 2.63. The first-order valence-corrected chi connectivity index (χ1v) is 6.92. The molecule has 0 aromatic carbocycles. The van der Waals surface area contributed by atoms with Crippen molar-refractivity contribution in [2.75, 3.05) is 11.9 Å². The molecule has 1 N–H and O–H groups in total. The van der Waals surface area contributed by atoms with E-state index in [2.05, 4.69) is 21.5 Å². The van der Waals surface area contributed by atoms with Crippen molar-refractivity contribution in [2.45, 2.75) is 25.5 Å². The molecule has 0 radical (unpaired) electrons. The van der Waals surface area contributed by atoms with E-state index in [4.69, 9.17) is 10.00 Å². The van der Waals surface area contributed by atoms with Crippen LogP contribution in [0.3, 0.4) is 0 Å². The maximum atomic E-state index is 8.92. The van der Waals surface area contributed by atoms with Crippen LogP contribution in [0.25, 0.3) is 0 Å². The van der Waals surface area contributed by atoms with Gasteiger partial charge in [0.2, 0.25) is 0 Å². The molecule has 1 fully saturated rings. The van der Waals surface area contributed by atoms with E-state index in [1.54, 1.807) is 12.3 Å². The minimum atomic E-state index is -0.0163. The van der Waals surface area contributed by atoms with Crippen molar-refractivity contribution in [3.05, 3.63) is 41.5 Å². The van der Waals surface area contributed by atoms with Crippen LogP contribution in [0, 0.1) is 18.3 Å². The molecule has 21 heavy (non-hydrogen) atoms. The largest absolute Gasteiger partial charge is 0.379 e. The molecule has 2 aromatic rings. The summed E-state index contributed by atoms with van der Waals surface area (Å²) in [5.74, 6) is 0. The molecule has 0 bridgehead atoms. The smallest absolute Gasteiger partial charge is 0.142 e. The monoisotopic (exact) mass is 283 g/mol. The lowest BCUT2D eigenvalue weighted by molar-refractivity contribution is 0.107. The fourth-order valence-electron chi connectivity index (χ4n) is 2.63. The average molecular weight is 283 g/mol. The molecule has 1 aliphatic rings. The molecule has 3 heterocycles. The second-order valence-electron chi connectivity index (χ2n) is 5.18. The van der Waals surface area contributed by atoms with E-state index >= 15 is 0 Å². The molecule has 1 aliphatic heterocycles. The summed E-state index contributed by atoms with van der Waals surface area (Å²) in [7, 11) is 1.93. The van der Waals surface area contributed by atoms with E-state index in [0.717, 1.165) is 23.4 Å². The number of pyridine rings is 1. The van der Waals surface area contributed by atoms with Gasteiger partial charge in [0.05, 0.1) is 12.2 Å². The molecule has 2 atom stereocenters. The summed E-state index contributed by atoms with van der Waals surface area (Å²) in [6.07, 6.45) is 4.41. The Kier molecular flexibility index (Phi) is 3.59. The predicted molar refractivity (Wildman–Crippen MR) is 77.6 cm³/mol. The highest BCUT2D eigenvalue weighted by molar-refractivity contribution is 5.47. The van der Waals surface area contributed by atoms with Crippen LogP contribution in [0.2, 0.25) is 0 Å². The first-order chi connectivity index (χ1) is 10.2. The lowest BCUT2D eigenvalue weighted by atomic mass is 10.0. The topological polar surface area (TPSA) is 75.8 Å². The van der Waals surface area contributed by atoms with Crippen LogP contribution >= 0.6 is 0 Å². The second kappa shape index (κ2) is 5.54. The molecule has 2 aromatic heterocycles. The highest BCUT2D eigenvalue weighted by atomic mass is 16.5. The quantitative estimate of drug-likeness (QED) is 0.931. The Bertz CT molecular complexity index is 688. The van der Waals surface area contributed by atoms with E-state index < -0.39 is 0 Å². The zero-order valence-corrected chi connectivity index (χ0v) is 12.1. The van der Waals surface area contributed by atoms with Crippen molar-refractivity contribution in [3.63, 3.8) is 0 Å². The first kappa shape index (κ1) is 13.6. The van der Waals surface area contributed by atoms with Crippen LogP contribution in [0.4, 0.5) is 5.69 Å². The summed E-state index contributed by atoms with van der Waals surface area (Å²) >= 11 is 0. The van der Waals surface area contributed by atoms with Gasteiger partial charge in [0.15, 0.2) is 0 Å². The normalized spacial score (nSPS) is 21.2. The Morgan fingerprint density at radius 2 is 2.38 bits per heavy atom. The van der Waals surface area contributed by atoms with Gasteiger partial charge in [-0.3, -0.25) is 4.68 Å². The summed E-state index contributed by atoms with van der Waals surface area (Å²) in [6.45, 7) is 2.76. The van der Waals surface area contributed by atoms with E-state index in [9.17, 15) is 0 Å². The van der Waals surface area contributed by atoms with Gasteiger partial charge in [0, 0.05) is 36.8 Å². The molecular weight excluding hydrogens is 266 g/mol. The molecule has 0 aliphatic carbocycles. The Labute approximate surface area is 123 Å². The van der Waals surface area contributed by atoms with Gasteiger partial charge in [0.1, 0.15) is 17.9 Å². The van der Waals surface area contributed by atoms with Crippen LogP contribution in [0.15, 0.2) is 24.5 Å². The number of aromatic nitrogens is 3. The molecule has 3 rings (SSSR count). The van der Waals surface area contributed by atoms with Crippen LogP contribution in [0.5, 0.6) is 0 Å². The first-order valence-electron chi connectivity index (χ1n) is 6.92. The van der Waals surface area contributed by atoms with Gasteiger partial charge in [-0.05, 0) is 25.5 Å². The number of nitrogens with one attached hydrogen (secondary N) is 1. The third-order valence-corrected chi connectivity index (χ3v) is 3.90. The molecule has 6 nitrogen and oxygen atoms in total. The summed E-state index contributed by atoms with van der Waals surface area (Å²) in [4.78, 5) is 3.98. The summed E-state index contributed by atoms with van der Waals surface area (Å²) in [5.41, 5.74) is 3.53. The van der Waals surface area contributed by atoms with Gasteiger partial charge in [-0.2, -0.15) is 10.4 Å². The van der Waals surface area contributed by atoms with Gasteiger partial charge in [-0.25, -0.2) is 4.98 Å². The SMILES string of the molecule is Cc1c([C@H]2OCC[C@@H]2Nc2ccnc(C#N)c2)cnn1C. The Morgan fingerprint density at radius 3 is 3.10 bits per heavy atom. The van der Waals surface area contributed by atoms with E-state index in [-0.39, 0.29) is 12.1 Å². The lowest BCUT2D eigenvalue weighted by Gasteiger charge is -2.20. The Hall–Kier alpha value is -2.39. The molecule has 0 unspecified atom stereocenters. The maximum Gasteiger partial charge on any atom is 0.142 e. The zero-order chi connectivity index (χ0) is 14.8. The summed E-state index contributed by atoms with van der Waals surface area (Å²) < 4.78 is 7.73. The van der Waals surface area contributed by atoms with E-state index in [1.807, 2.05) is 30.9 Å². The molecule has 108 valence electrons. The Balaban J connectivity index is 1.81. The van der Waals surface area contributed by atoms with Crippen molar-refractivity contribution in [3.8, 4) is 6.07 Å². The highest BCUT2D eigenvalue weighted by Gasteiger charge is 2.32. The van der Waals surface area contributed by atoms with Gasteiger partial charge < -0.3 is 10.1 Å². The maximum absolute atomic E-state index is 8.92. The van der Waals surface area contributed by atoms with Gasteiger partial charge in [-0.1, -0.05) is 0 Å². The molecule has 0 spiro atoms. The van der Waals surface area contributed by atoms with Crippen molar-refractivity contribution in [1.82, 2.24) is 14.8 Å². The third kappa shape index (κ3) is 2.60. The lowest BCUT2D eigenvalue weighted by Crippen LogP contribution is -2.23. The number of rotatable bonds is 3. The minimum Gasteiger partial charge on any atom is -0.379 e. The number of aryl methyl sites for hydroxylation is 1. The number of hydrogen-bond acceptors (Lipinski definition) is 5. The molecule has 0 saturated carbocycles. The van der Waals surface area contributed by atoms with Gasteiger partial charge in [-0.15, -0.1) is 0 Å². The fraction of sp³-hybridized carbons (Fsp3) is 0.400. The van der Waals surface area contributed by atoms with E-state index in [0.29, 0.717) is 12.3 Å². The molecule has 6 heteroatoms. The van der Waals surface area contributed by atoms with Gasteiger partial charge >= 0.3 is 0 Å². The highest BCUT2D eigenvalue weighted by Crippen LogP contribution is 2.33. The molecular formula is C15H17N5O. The molecule has 0 amide bonds. The number of nitrogens with zero attached hydrogens (tertiary/aromatic N) is 4. The van der Waals surface area contributed by atoms with Gasteiger partial charge in [0.25, 0.3) is 0 Å². The van der Waals surface area contributed by atoms with Crippen LogP contribution < -0.4 is 5.32 Å². The predicted octanol–water partition coefficient (Wildman–Crippen LogP) is 1.94. The number of nitriles is 1. The Morgan fingerprint density at radius 1 is 1.52 bits per heavy atom. The molecule has 1 saturated heterocycles. The van der Waals surface area contributed by atoms with E-state index in [1.165, 1.54) is 0 Å². The average Bonchev–Trinajstić information content (AvgIpc) is 3.07.